The molecular weight excluding hydrogens is 395 g/mol. The van der Waals surface area contributed by atoms with Crippen LogP contribution in [0.5, 0.6) is 5.88 Å². The fraction of sp³-hybridized carbons (Fsp3) is 0.455. The van der Waals surface area contributed by atoms with Crippen molar-refractivity contribution in [1.29, 1.82) is 0 Å². The predicted molar refractivity (Wildman–Crippen MR) is 107 cm³/mol. The number of alkyl halides is 3. The molecule has 5 nitrogen and oxygen atoms in total. The Kier molecular flexibility index (Phi) is 5.58. The monoisotopic (exact) mass is 419 g/mol. The zero-order valence-corrected chi connectivity index (χ0v) is 16.7. The highest BCUT2D eigenvalue weighted by atomic mass is 19.4. The van der Waals surface area contributed by atoms with Gasteiger partial charge in [0.15, 0.2) is 0 Å². The largest absolute Gasteiger partial charge is 0.480 e. The van der Waals surface area contributed by atoms with E-state index in [2.05, 4.69) is 22.4 Å². The van der Waals surface area contributed by atoms with Gasteiger partial charge in [-0.15, -0.1) is 0 Å². The van der Waals surface area contributed by atoms with Gasteiger partial charge in [0.05, 0.1) is 19.1 Å². The molecule has 1 aliphatic carbocycles. The molecule has 0 radical (unpaired) electrons. The molecule has 1 aromatic carbocycles. The van der Waals surface area contributed by atoms with Gasteiger partial charge in [0, 0.05) is 25.3 Å². The van der Waals surface area contributed by atoms with Crippen LogP contribution in [0.3, 0.4) is 0 Å². The molecular formula is C22H24F3N3O2. The summed E-state index contributed by atoms with van der Waals surface area (Å²) in [6.45, 7) is 0.923. The average molecular weight is 419 g/mol. The van der Waals surface area contributed by atoms with Gasteiger partial charge < -0.3 is 15.0 Å². The molecule has 0 spiro atoms. The van der Waals surface area contributed by atoms with E-state index in [1.54, 1.807) is 4.90 Å². The number of amides is 1. The van der Waals surface area contributed by atoms with Gasteiger partial charge in [0.2, 0.25) is 11.8 Å². The molecule has 30 heavy (non-hydrogen) atoms. The minimum Gasteiger partial charge on any atom is -0.480 e. The molecule has 2 aromatic rings. The summed E-state index contributed by atoms with van der Waals surface area (Å²) >= 11 is 0. The molecule has 1 N–H and O–H groups in total. The molecule has 1 aliphatic heterocycles. The van der Waals surface area contributed by atoms with Crippen molar-refractivity contribution in [3.63, 3.8) is 0 Å². The van der Waals surface area contributed by atoms with E-state index < -0.39 is 11.7 Å². The summed E-state index contributed by atoms with van der Waals surface area (Å²) in [6, 6.07) is 9.08. The van der Waals surface area contributed by atoms with Gasteiger partial charge >= 0.3 is 6.18 Å². The Morgan fingerprint density at radius 2 is 1.97 bits per heavy atom. The Balaban J connectivity index is 1.36. The second-order valence-corrected chi connectivity index (χ2v) is 7.94. The maximum atomic E-state index is 13.1. The highest BCUT2D eigenvalue weighted by molar-refractivity contribution is 5.79. The highest BCUT2D eigenvalue weighted by Crippen LogP contribution is 2.40. The molecule has 4 rings (SSSR count). The lowest BCUT2D eigenvalue weighted by Crippen LogP contribution is -2.38. The van der Waals surface area contributed by atoms with Crippen molar-refractivity contribution in [2.75, 3.05) is 25.1 Å². The number of anilines is 1. The van der Waals surface area contributed by atoms with Crippen LogP contribution in [0.15, 0.2) is 36.5 Å². The first-order chi connectivity index (χ1) is 14.3. The smallest absolute Gasteiger partial charge is 0.417 e. The third-order valence-electron chi connectivity index (χ3n) is 5.64. The molecule has 1 saturated carbocycles. The Labute approximate surface area is 173 Å². The van der Waals surface area contributed by atoms with Crippen LogP contribution in [0, 0.1) is 0 Å². The second-order valence-electron chi connectivity index (χ2n) is 7.94. The zero-order chi connectivity index (χ0) is 21.3. The van der Waals surface area contributed by atoms with E-state index in [-0.39, 0.29) is 24.2 Å². The fourth-order valence-electron chi connectivity index (χ4n) is 3.86. The van der Waals surface area contributed by atoms with Crippen molar-refractivity contribution in [2.45, 2.75) is 43.8 Å². The maximum absolute atomic E-state index is 13.1. The molecule has 8 heteroatoms. The van der Waals surface area contributed by atoms with Gasteiger partial charge in [-0.3, -0.25) is 4.79 Å². The molecule has 1 saturated heterocycles. The summed E-state index contributed by atoms with van der Waals surface area (Å²) in [6.07, 6.45) is -0.293. The van der Waals surface area contributed by atoms with Crippen LogP contribution in [0.25, 0.3) is 0 Å². The van der Waals surface area contributed by atoms with Crippen LogP contribution in [-0.2, 0) is 17.4 Å². The molecule has 160 valence electrons. The van der Waals surface area contributed by atoms with E-state index in [1.807, 2.05) is 12.1 Å². The third kappa shape index (κ3) is 4.68. The second kappa shape index (κ2) is 8.16. The lowest BCUT2D eigenvalue weighted by molar-refractivity contribution is -0.137. The standard InChI is InChI=1S/C22H24F3N3O2/c1-30-21-19(11-17(12-26-21)22(23,24)25)28-9-8-18(13-28)27-20(29)10-14-2-4-15(5-3-14)16-6-7-16/h2-5,11-12,16,18H,6-10,13H2,1H3,(H,27,29). The number of benzene rings is 1. The molecule has 1 unspecified atom stereocenters. The molecule has 2 fully saturated rings. The summed E-state index contributed by atoms with van der Waals surface area (Å²) in [4.78, 5) is 18.0. The van der Waals surface area contributed by atoms with Crippen molar-refractivity contribution in [3.05, 3.63) is 53.2 Å². The van der Waals surface area contributed by atoms with Crippen molar-refractivity contribution >= 4 is 11.6 Å². The number of carbonyl (C=O) groups excluding carboxylic acids is 1. The molecule has 0 bridgehead atoms. The summed E-state index contributed by atoms with van der Waals surface area (Å²) in [5.74, 6) is 0.737. The molecule has 1 atom stereocenters. The van der Waals surface area contributed by atoms with Gasteiger partial charge in [-0.05, 0) is 42.4 Å². The van der Waals surface area contributed by atoms with Crippen LogP contribution < -0.4 is 15.0 Å². The van der Waals surface area contributed by atoms with E-state index in [4.69, 9.17) is 4.74 Å². The lowest BCUT2D eigenvalue weighted by atomic mass is 10.1. The predicted octanol–water partition coefficient (Wildman–Crippen LogP) is 3.92. The zero-order valence-electron chi connectivity index (χ0n) is 16.7. The maximum Gasteiger partial charge on any atom is 0.417 e. The van der Waals surface area contributed by atoms with Crippen LogP contribution in [0.4, 0.5) is 18.9 Å². The topological polar surface area (TPSA) is 54.5 Å². The number of hydrogen-bond acceptors (Lipinski definition) is 4. The van der Waals surface area contributed by atoms with Crippen molar-refractivity contribution in [3.8, 4) is 5.88 Å². The minimum atomic E-state index is -4.48. The lowest BCUT2D eigenvalue weighted by Gasteiger charge is -2.22. The van der Waals surface area contributed by atoms with Crippen LogP contribution in [-0.4, -0.2) is 37.1 Å². The SMILES string of the molecule is COc1ncc(C(F)(F)F)cc1N1CCC(NC(=O)Cc2ccc(C3CC3)cc2)C1. The van der Waals surface area contributed by atoms with Gasteiger partial charge in [-0.1, -0.05) is 24.3 Å². The third-order valence-corrected chi connectivity index (χ3v) is 5.64. The fourth-order valence-corrected chi connectivity index (χ4v) is 3.86. The van der Waals surface area contributed by atoms with Crippen molar-refractivity contribution in [2.24, 2.45) is 0 Å². The van der Waals surface area contributed by atoms with E-state index in [0.29, 0.717) is 31.1 Å². The number of halogens is 3. The van der Waals surface area contributed by atoms with E-state index in [0.717, 1.165) is 17.8 Å². The molecule has 1 aromatic heterocycles. The van der Waals surface area contributed by atoms with Crippen molar-refractivity contribution < 1.29 is 22.7 Å². The summed E-state index contributed by atoms with van der Waals surface area (Å²) in [5, 5.41) is 3.00. The van der Waals surface area contributed by atoms with Gasteiger partial charge in [-0.25, -0.2) is 4.98 Å². The number of pyridine rings is 1. The average Bonchev–Trinajstić information content (AvgIpc) is 3.46. The van der Waals surface area contributed by atoms with Crippen molar-refractivity contribution in [1.82, 2.24) is 10.3 Å². The first kappa shape index (κ1) is 20.5. The minimum absolute atomic E-state index is 0.0878. The number of rotatable bonds is 6. The van der Waals surface area contributed by atoms with E-state index in [9.17, 15) is 18.0 Å². The van der Waals surface area contributed by atoms with Crippen LogP contribution in [0.1, 0.15) is 41.9 Å². The van der Waals surface area contributed by atoms with Crippen LogP contribution in [0.2, 0.25) is 0 Å². The van der Waals surface area contributed by atoms with Crippen LogP contribution >= 0.6 is 0 Å². The summed E-state index contributed by atoms with van der Waals surface area (Å²) in [5.41, 5.74) is 1.75. The Morgan fingerprint density at radius 1 is 1.23 bits per heavy atom. The molecule has 2 heterocycles. The number of ether oxygens (including phenoxy) is 1. The quantitative estimate of drug-likeness (QED) is 0.771. The van der Waals surface area contributed by atoms with Gasteiger partial charge in [0.1, 0.15) is 5.69 Å². The van der Waals surface area contributed by atoms with E-state index in [1.165, 1.54) is 25.5 Å². The van der Waals surface area contributed by atoms with E-state index >= 15 is 0 Å². The first-order valence-corrected chi connectivity index (χ1v) is 10.1. The number of aromatic nitrogens is 1. The Bertz CT molecular complexity index is 911. The summed E-state index contributed by atoms with van der Waals surface area (Å²) < 4.78 is 44.3. The number of methoxy groups -OCH3 is 1. The number of nitrogens with zero attached hydrogens (tertiary/aromatic N) is 2. The number of carbonyl (C=O) groups is 1. The van der Waals surface area contributed by atoms with Gasteiger partial charge in [0.25, 0.3) is 0 Å². The number of hydrogen-bond donors (Lipinski definition) is 1. The normalized spacial score (nSPS) is 19.1. The van der Waals surface area contributed by atoms with Gasteiger partial charge in [-0.2, -0.15) is 13.2 Å². The first-order valence-electron chi connectivity index (χ1n) is 10.1. The number of nitrogens with one attached hydrogen (secondary N) is 1. The highest BCUT2D eigenvalue weighted by Gasteiger charge is 2.34. The molecule has 2 aliphatic rings. The summed E-state index contributed by atoms with van der Waals surface area (Å²) in [7, 11) is 1.38. The Hall–Kier alpha value is -2.77. The molecule has 1 amide bonds. The Morgan fingerprint density at radius 3 is 2.60 bits per heavy atom.